The van der Waals surface area contributed by atoms with E-state index in [2.05, 4.69) is 29.5 Å². The smallest absolute Gasteiger partial charge is 0.408 e. The fourth-order valence-corrected chi connectivity index (χ4v) is 2.98. The van der Waals surface area contributed by atoms with E-state index in [-0.39, 0.29) is 12.5 Å². The first-order valence-corrected chi connectivity index (χ1v) is 9.35. The molecule has 24 heavy (non-hydrogen) atoms. The van der Waals surface area contributed by atoms with Crippen molar-refractivity contribution < 1.29 is 14.3 Å². The molecule has 1 unspecified atom stereocenters. The highest BCUT2D eigenvalue weighted by Crippen LogP contribution is 2.28. The maximum Gasteiger partial charge on any atom is 0.408 e. The first-order chi connectivity index (χ1) is 11.2. The molecule has 0 aromatic carbocycles. The van der Waals surface area contributed by atoms with E-state index in [1.165, 1.54) is 24.2 Å². The van der Waals surface area contributed by atoms with Gasteiger partial charge in [-0.3, -0.25) is 4.79 Å². The zero-order valence-corrected chi connectivity index (χ0v) is 16.1. The first kappa shape index (κ1) is 20.4. The maximum absolute atomic E-state index is 11.9. The summed E-state index contributed by atoms with van der Waals surface area (Å²) in [7, 11) is 0. The standard InChI is InChI=1S/C17H29N3O3S/c1-6-8-9-12(7-2)13-11-24-15(19-13)20-14(21)10-18-16(22)23-17(3,4)5/h11-12H,6-10H2,1-5H3,(H,18,22)(H,19,20,21). The number of anilines is 1. The predicted octanol–water partition coefficient (Wildman–Crippen LogP) is 4.29. The molecule has 0 radical (unpaired) electrons. The second kappa shape index (κ2) is 9.61. The van der Waals surface area contributed by atoms with Crippen LogP contribution in [0.5, 0.6) is 0 Å². The van der Waals surface area contributed by atoms with Crippen LogP contribution < -0.4 is 10.6 Å². The molecule has 2 N–H and O–H groups in total. The summed E-state index contributed by atoms with van der Waals surface area (Å²) in [6, 6.07) is 0. The lowest BCUT2D eigenvalue weighted by Gasteiger charge is -2.19. The summed E-state index contributed by atoms with van der Waals surface area (Å²) >= 11 is 1.41. The molecule has 0 spiro atoms. The summed E-state index contributed by atoms with van der Waals surface area (Å²) in [5.41, 5.74) is 0.449. The Kier molecular flexibility index (Phi) is 8.18. The molecule has 1 heterocycles. The third-order valence-electron chi connectivity index (χ3n) is 3.38. The number of unbranched alkanes of at least 4 members (excludes halogenated alkanes) is 1. The van der Waals surface area contributed by atoms with Crippen LogP contribution in [-0.4, -0.2) is 29.1 Å². The van der Waals surface area contributed by atoms with E-state index in [1.807, 2.05) is 5.38 Å². The SMILES string of the molecule is CCCCC(CC)c1csc(NC(=O)CNC(=O)OC(C)(C)C)n1. The Bertz CT molecular complexity index is 537. The van der Waals surface area contributed by atoms with Gasteiger partial charge in [0.15, 0.2) is 5.13 Å². The van der Waals surface area contributed by atoms with E-state index in [0.29, 0.717) is 11.0 Å². The van der Waals surface area contributed by atoms with E-state index in [0.717, 1.165) is 18.5 Å². The summed E-state index contributed by atoms with van der Waals surface area (Å²) in [6.07, 6.45) is 3.89. The van der Waals surface area contributed by atoms with E-state index >= 15 is 0 Å². The lowest BCUT2D eigenvalue weighted by atomic mass is 9.97. The molecule has 0 bridgehead atoms. The highest BCUT2D eigenvalue weighted by molar-refractivity contribution is 7.13. The number of amides is 2. The Hall–Kier alpha value is -1.63. The van der Waals surface area contributed by atoms with Gasteiger partial charge in [0.1, 0.15) is 12.1 Å². The topological polar surface area (TPSA) is 80.3 Å². The number of nitrogens with one attached hydrogen (secondary N) is 2. The van der Waals surface area contributed by atoms with Crippen molar-refractivity contribution in [2.45, 2.75) is 71.8 Å². The van der Waals surface area contributed by atoms with Gasteiger partial charge in [-0.25, -0.2) is 9.78 Å². The van der Waals surface area contributed by atoms with Crippen LogP contribution in [0.4, 0.5) is 9.93 Å². The molecule has 1 aromatic heterocycles. The number of carbonyl (C=O) groups is 2. The summed E-state index contributed by atoms with van der Waals surface area (Å²) < 4.78 is 5.08. The predicted molar refractivity (Wildman–Crippen MR) is 97.5 cm³/mol. The lowest BCUT2D eigenvalue weighted by molar-refractivity contribution is -0.115. The number of carbonyl (C=O) groups excluding carboxylic acids is 2. The molecular weight excluding hydrogens is 326 g/mol. The third-order valence-corrected chi connectivity index (χ3v) is 4.15. The van der Waals surface area contributed by atoms with Crippen LogP contribution in [0.2, 0.25) is 0 Å². The molecule has 2 amide bonds. The Balaban J connectivity index is 2.46. The highest BCUT2D eigenvalue weighted by atomic mass is 32.1. The monoisotopic (exact) mass is 355 g/mol. The van der Waals surface area contributed by atoms with Gasteiger partial charge in [0.2, 0.25) is 5.91 Å². The molecule has 136 valence electrons. The largest absolute Gasteiger partial charge is 0.444 e. The van der Waals surface area contributed by atoms with E-state index < -0.39 is 11.7 Å². The molecule has 6 nitrogen and oxygen atoms in total. The highest BCUT2D eigenvalue weighted by Gasteiger charge is 2.17. The van der Waals surface area contributed by atoms with Crippen molar-refractivity contribution in [2.75, 3.05) is 11.9 Å². The summed E-state index contributed by atoms with van der Waals surface area (Å²) in [4.78, 5) is 27.9. The van der Waals surface area contributed by atoms with E-state index in [1.54, 1.807) is 20.8 Å². The number of hydrogen-bond donors (Lipinski definition) is 2. The first-order valence-electron chi connectivity index (χ1n) is 8.47. The summed E-state index contributed by atoms with van der Waals surface area (Å²) in [5.74, 6) is 0.120. The second-order valence-corrected chi connectivity index (χ2v) is 7.59. The van der Waals surface area contributed by atoms with Gasteiger partial charge in [0, 0.05) is 11.3 Å². The van der Waals surface area contributed by atoms with Gasteiger partial charge >= 0.3 is 6.09 Å². The van der Waals surface area contributed by atoms with Gasteiger partial charge in [0.05, 0.1) is 5.69 Å². The zero-order chi connectivity index (χ0) is 18.2. The van der Waals surface area contributed by atoms with Crippen molar-refractivity contribution in [3.8, 4) is 0 Å². The molecule has 1 rings (SSSR count). The average molecular weight is 356 g/mol. The van der Waals surface area contributed by atoms with Crippen molar-refractivity contribution in [1.29, 1.82) is 0 Å². The normalized spacial score (nSPS) is 12.5. The number of nitrogens with zero attached hydrogens (tertiary/aromatic N) is 1. The number of thiazole rings is 1. The molecule has 7 heteroatoms. The van der Waals surface area contributed by atoms with Gasteiger partial charge in [0.25, 0.3) is 0 Å². The minimum atomic E-state index is -0.608. The Morgan fingerprint density at radius 2 is 2.04 bits per heavy atom. The van der Waals surface area contributed by atoms with Crippen LogP contribution in [0.3, 0.4) is 0 Å². The molecule has 0 fully saturated rings. The van der Waals surface area contributed by atoms with Crippen LogP contribution >= 0.6 is 11.3 Å². The second-order valence-electron chi connectivity index (χ2n) is 6.73. The van der Waals surface area contributed by atoms with Gasteiger partial charge in [-0.1, -0.05) is 26.7 Å². The lowest BCUT2D eigenvalue weighted by Crippen LogP contribution is -2.37. The molecule has 0 aliphatic rings. The molecule has 0 saturated carbocycles. The van der Waals surface area contributed by atoms with Gasteiger partial charge in [-0.15, -0.1) is 11.3 Å². The van der Waals surface area contributed by atoms with Crippen molar-refractivity contribution >= 4 is 28.5 Å². The van der Waals surface area contributed by atoms with Gasteiger partial charge in [-0.2, -0.15) is 0 Å². The number of hydrogen-bond acceptors (Lipinski definition) is 5. The van der Waals surface area contributed by atoms with Crippen molar-refractivity contribution in [1.82, 2.24) is 10.3 Å². The van der Waals surface area contributed by atoms with Gasteiger partial charge in [-0.05, 0) is 33.6 Å². The van der Waals surface area contributed by atoms with E-state index in [9.17, 15) is 9.59 Å². The summed E-state index contributed by atoms with van der Waals surface area (Å²) in [6.45, 7) is 9.50. The van der Waals surface area contributed by atoms with Crippen LogP contribution in [0, 0.1) is 0 Å². The maximum atomic E-state index is 11.9. The minimum Gasteiger partial charge on any atom is -0.444 e. The fourth-order valence-electron chi connectivity index (χ4n) is 2.17. The minimum absolute atomic E-state index is 0.142. The van der Waals surface area contributed by atoms with Crippen molar-refractivity contribution in [2.24, 2.45) is 0 Å². The Labute approximate surface area is 148 Å². The van der Waals surface area contributed by atoms with Crippen LogP contribution in [-0.2, 0) is 9.53 Å². The molecule has 1 aromatic rings. The summed E-state index contributed by atoms with van der Waals surface area (Å²) in [5, 5.41) is 7.71. The Morgan fingerprint density at radius 3 is 2.62 bits per heavy atom. The van der Waals surface area contributed by atoms with E-state index in [4.69, 9.17) is 4.74 Å². The molecular formula is C17H29N3O3S. The van der Waals surface area contributed by atoms with Crippen molar-refractivity contribution in [3.63, 3.8) is 0 Å². The number of aromatic nitrogens is 1. The molecule has 1 atom stereocenters. The average Bonchev–Trinajstić information content (AvgIpc) is 2.92. The quantitative estimate of drug-likeness (QED) is 0.729. The molecule has 0 aliphatic carbocycles. The fraction of sp³-hybridized carbons (Fsp3) is 0.706. The zero-order valence-electron chi connectivity index (χ0n) is 15.3. The van der Waals surface area contributed by atoms with Gasteiger partial charge < -0.3 is 15.4 Å². The number of ether oxygens (including phenoxy) is 1. The number of alkyl carbamates (subject to hydrolysis) is 1. The Morgan fingerprint density at radius 1 is 1.33 bits per heavy atom. The van der Waals surface area contributed by atoms with Crippen molar-refractivity contribution in [3.05, 3.63) is 11.1 Å². The third kappa shape index (κ3) is 7.77. The van der Waals surface area contributed by atoms with Crippen LogP contribution in [0.25, 0.3) is 0 Å². The number of rotatable bonds is 8. The molecule has 0 saturated heterocycles. The van der Waals surface area contributed by atoms with Crippen LogP contribution in [0.1, 0.15) is 71.9 Å². The molecule has 0 aliphatic heterocycles. The van der Waals surface area contributed by atoms with Crippen LogP contribution in [0.15, 0.2) is 5.38 Å².